The van der Waals surface area contributed by atoms with Gasteiger partial charge >= 0.3 is 0 Å². The molecule has 1 spiro atoms. The van der Waals surface area contributed by atoms with Crippen molar-refractivity contribution in [1.29, 1.82) is 0 Å². The number of carbonyl (C=O) groups is 4. The number of halogens is 1. The molecule has 3 aliphatic heterocycles. The van der Waals surface area contributed by atoms with E-state index in [2.05, 4.69) is 5.32 Å². The highest BCUT2D eigenvalue weighted by molar-refractivity contribution is 7.98. The normalized spacial score (nSPS) is 23.1. The van der Waals surface area contributed by atoms with Crippen molar-refractivity contribution in [3.8, 4) is 28.7 Å². The quantitative estimate of drug-likeness (QED) is 0.222. The highest BCUT2D eigenvalue weighted by Crippen LogP contribution is 2.56. The van der Waals surface area contributed by atoms with E-state index in [9.17, 15) is 34.2 Å². The Morgan fingerprint density at radius 3 is 2.47 bits per heavy atom. The molecular formula is C42H46ClN3O11S. The van der Waals surface area contributed by atoms with Gasteiger partial charge in [-0.25, -0.2) is 0 Å². The van der Waals surface area contributed by atoms with Gasteiger partial charge in [0.15, 0.2) is 28.8 Å². The largest absolute Gasteiger partial charge is 0.507 e. The van der Waals surface area contributed by atoms with Gasteiger partial charge in [0.2, 0.25) is 23.2 Å². The lowest BCUT2D eigenvalue weighted by Crippen LogP contribution is -2.55. The fraction of sp³-hybridized carbons (Fsp3) is 0.452. The van der Waals surface area contributed by atoms with Crippen LogP contribution in [0.1, 0.15) is 66.1 Å². The Hall–Kier alpha value is -5.15. The van der Waals surface area contributed by atoms with Gasteiger partial charge in [-0.1, -0.05) is 30.7 Å². The number of aliphatic hydroxyl groups is 1. The van der Waals surface area contributed by atoms with E-state index in [1.807, 2.05) is 12.3 Å². The predicted octanol–water partition coefficient (Wildman–Crippen LogP) is 5.03. The first-order chi connectivity index (χ1) is 27.8. The second-order valence-electron chi connectivity index (χ2n) is 15.3. The lowest BCUT2D eigenvalue weighted by molar-refractivity contribution is -0.139. The van der Waals surface area contributed by atoms with E-state index in [0.717, 1.165) is 12.1 Å². The maximum absolute atomic E-state index is 14.5. The summed E-state index contributed by atoms with van der Waals surface area (Å²) in [5.74, 6) is -4.20. The topological polar surface area (TPSA) is 183 Å². The van der Waals surface area contributed by atoms with Gasteiger partial charge < -0.3 is 43.9 Å². The number of thioether (sulfide) groups is 1. The van der Waals surface area contributed by atoms with E-state index in [4.69, 9.17) is 30.5 Å². The minimum Gasteiger partial charge on any atom is -0.507 e. The van der Waals surface area contributed by atoms with Gasteiger partial charge in [0.05, 0.1) is 21.3 Å². The standard InChI is InChI=1S/C42H46ClN3O11S/c1-21-13-29(48)35(39(51)42(21)40(52)36-31(55-3)17-32(56-4)37(43)38(36)57-42)25(23-9-10-28(47)30(15-23)54-2)16-33(49)44-26(11-12-58-5)41(53)45-18-22-14-24(20-45)27-7-6-8-34(50)46(27)19-22/h6-10,15,17,21-22,24-26,47,51H,11-14,16,18-20H2,1-5H3,(H,44,49)/t21-,22-,24+,25?,26+,42+/m1/s1. The van der Waals surface area contributed by atoms with Crippen LogP contribution in [0.4, 0.5) is 0 Å². The number of phenolic OH excluding ortho intramolecular Hbond substituents is 1. The number of nitrogens with one attached hydrogen (secondary N) is 1. The van der Waals surface area contributed by atoms with Crippen molar-refractivity contribution in [2.24, 2.45) is 11.8 Å². The average molecular weight is 836 g/mol. The van der Waals surface area contributed by atoms with Crippen molar-refractivity contribution < 1.29 is 48.3 Å². The molecule has 4 heterocycles. The monoisotopic (exact) mass is 835 g/mol. The number of hydrogen-bond donors (Lipinski definition) is 3. The molecule has 3 N–H and O–H groups in total. The molecule has 1 unspecified atom stereocenters. The van der Waals surface area contributed by atoms with Crippen LogP contribution in [-0.2, 0) is 20.9 Å². The van der Waals surface area contributed by atoms with Gasteiger partial charge in [0.25, 0.3) is 5.56 Å². The van der Waals surface area contributed by atoms with Crippen LogP contribution in [0.2, 0.25) is 5.02 Å². The number of hydrogen-bond acceptors (Lipinski definition) is 12. The third-order valence-corrected chi connectivity index (χ3v) is 12.9. The lowest BCUT2D eigenvalue weighted by Gasteiger charge is -2.43. The van der Waals surface area contributed by atoms with Crippen molar-refractivity contribution >= 4 is 46.7 Å². The van der Waals surface area contributed by atoms with E-state index >= 15 is 0 Å². The predicted molar refractivity (Wildman–Crippen MR) is 216 cm³/mol. The molecule has 6 atom stereocenters. The van der Waals surface area contributed by atoms with Gasteiger partial charge in [-0.15, -0.1) is 0 Å². The molecule has 14 nitrogen and oxygen atoms in total. The van der Waals surface area contributed by atoms with Crippen LogP contribution in [0.3, 0.4) is 0 Å². The number of ketones is 2. The Bertz CT molecular complexity index is 2280. The smallest absolute Gasteiger partial charge is 0.250 e. The molecule has 0 saturated carbocycles. The molecule has 308 valence electrons. The van der Waals surface area contributed by atoms with Crippen LogP contribution < -0.4 is 29.8 Å². The molecule has 2 bridgehead atoms. The number of rotatable bonds is 12. The van der Waals surface area contributed by atoms with E-state index in [-0.39, 0.29) is 74.6 Å². The number of Topliss-reactive ketones (excluding diaryl/α,β-unsaturated/α-hetero) is 2. The van der Waals surface area contributed by atoms with Crippen LogP contribution in [-0.4, -0.2) is 101 Å². The number of benzene rings is 2. The molecular weight excluding hydrogens is 790 g/mol. The SMILES string of the molecule is COc1cc(C(CC(=O)N[C@@H](CCSC)C(=O)N2C[C@H]3C[C@@H](C2)c2cccc(=O)n2C3)C2=C(O)[C@@]3(Oc4c(Cl)c(OC)cc(OC)c4C3=O)[C@H](C)CC2=O)ccc1O. The maximum atomic E-state index is 14.5. The number of aromatic hydroxyl groups is 1. The molecule has 2 amide bonds. The Morgan fingerprint density at radius 2 is 1.76 bits per heavy atom. The van der Waals surface area contributed by atoms with Gasteiger partial charge in [0, 0.05) is 73.6 Å². The zero-order valence-corrected chi connectivity index (χ0v) is 34.4. The summed E-state index contributed by atoms with van der Waals surface area (Å²) < 4.78 is 24.4. The number of pyridine rings is 1. The number of phenols is 1. The molecule has 1 aliphatic carbocycles. The number of ether oxygens (including phenoxy) is 4. The molecule has 58 heavy (non-hydrogen) atoms. The second-order valence-corrected chi connectivity index (χ2v) is 16.7. The fourth-order valence-electron chi connectivity index (χ4n) is 9.06. The van der Waals surface area contributed by atoms with Crippen molar-refractivity contribution in [1.82, 2.24) is 14.8 Å². The first kappa shape index (κ1) is 41.0. The van der Waals surface area contributed by atoms with Gasteiger partial charge in [-0.3, -0.25) is 24.0 Å². The summed E-state index contributed by atoms with van der Waals surface area (Å²) in [5, 5.41) is 25.7. The van der Waals surface area contributed by atoms with Crippen molar-refractivity contribution in [2.45, 2.75) is 62.6 Å². The molecule has 1 saturated heterocycles. The van der Waals surface area contributed by atoms with Crippen LogP contribution in [0.15, 0.2) is 58.6 Å². The number of methoxy groups -OCH3 is 3. The highest BCUT2D eigenvalue weighted by atomic mass is 35.5. The summed E-state index contributed by atoms with van der Waals surface area (Å²) in [7, 11) is 4.09. The van der Waals surface area contributed by atoms with Crippen molar-refractivity contribution in [3.63, 3.8) is 0 Å². The fourth-order valence-corrected chi connectivity index (χ4v) is 9.80. The van der Waals surface area contributed by atoms with Crippen LogP contribution >= 0.6 is 23.4 Å². The Morgan fingerprint density at radius 1 is 1.02 bits per heavy atom. The molecule has 16 heteroatoms. The highest BCUT2D eigenvalue weighted by Gasteiger charge is 2.61. The summed E-state index contributed by atoms with van der Waals surface area (Å²) in [6.45, 7) is 2.94. The van der Waals surface area contributed by atoms with E-state index in [1.165, 1.54) is 57.4 Å². The Balaban J connectivity index is 1.24. The third-order valence-electron chi connectivity index (χ3n) is 11.9. The van der Waals surface area contributed by atoms with Gasteiger partial charge in [-0.05, 0) is 54.5 Å². The number of nitrogens with zero attached hydrogens (tertiary/aromatic N) is 2. The maximum Gasteiger partial charge on any atom is 0.250 e. The van der Waals surface area contributed by atoms with Crippen LogP contribution in [0.5, 0.6) is 28.7 Å². The molecule has 0 radical (unpaired) electrons. The summed E-state index contributed by atoms with van der Waals surface area (Å²) in [5.41, 5.74) is -1.25. The minimum absolute atomic E-state index is 0.0272. The number of piperidine rings is 1. The third kappa shape index (κ3) is 6.95. The summed E-state index contributed by atoms with van der Waals surface area (Å²) in [4.78, 5) is 71.7. The Labute approximate surface area is 344 Å². The molecule has 3 aromatic rings. The number of aromatic nitrogens is 1. The van der Waals surface area contributed by atoms with Crippen LogP contribution in [0, 0.1) is 11.8 Å². The summed E-state index contributed by atoms with van der Waals surface area (Å²) >= 11 is 8.18. The van der Waals surface area contributed by atoms with Gasteiger partial charge in [-0.2, -0.15) is 11.8 Å². The van der Waals surface area contributed by atoms with Crippen molar-refractivity contribution in [2.75, 3.05) is 46.4 Å². The first-order valence-electron chi connectivity index (χ1n) is 19.1. The number of fused-ring (bicyclic) bond motifs is 5. The van der Waals surface area contributed by atoms with E-state index in [1.54, 1.807) is 28.5 Å². The van der Waals surface area contributed by atoms with Gasteiger partial charge in [0.1, 0.15) is 28.1 Å². The number of carbonyl (C=O) groups excluding carboxylic acids is 4. The van der Waals surface area contributed by atoms with Crippen molar-refractivity contribution in [3.05, 3.63) is 86.0 Å². The molecule has 1 aromatic heterocycles. The summed E-state index contributed by atoms with van der Waals surface area (Å²) in [6.07, 6.45) is 2.40. The molecule has 2 aromatic carbocycles. The second kappa shape index (κ2) is 16.2. The molecule has 1 fully saturated rings. The zero-order chi connectivity index (χ0) is 41.6. The van der Waals surface area contributed by atoms with E-state index < -0.39 is 53.1 Å². The Kier molecular flexibility index (Phi) is 11.5. The van der Waals surface area contributed by atoms with Crippen LogP contribution in [0.25, 0.3) is 0 Å². The average Bonchev–Trinajstić information content (AvgIpc) is 3.53. The van der Waals surface area contributed by atoms with E-state index in [0.29, 0.717) is 37.4 Å². The lowest BCUT2D eigenvalue weighted by atomic mass is 9.69. The number of likely N-dealkylation sites (tertiary alicyclic amines) is 1. The number of allylic oxidation sites excluding steroid dienone is 1. The summed E-state index contributed by atoms with van der Waals surface area (Å²) in [6, 6.07) is 10.0. The molecule has 4 aliphatic rings. The zero-order valence-electron chi connectivity index (χ0n) is 32.8. The first-order valence-corrected chi connectivity index (χ1v) is 20.8. The molecule has 7 rings (SSSR count). The number of aliphatic hydroxyl groups excluding tert-OH is 1. The number of amides is 2. The minimum atomic E-state index is -2.11.